The second-order valence-corrected chi connectivity index (χ2v) is 8.89. The molecule has 0 fully saturated rings. The molecule has 1 atom stereocenters. The molecule has 0 saturated heterocycles. The van der Waals surface area contributed by atoms with Crippen molar-refractivity contribution < 1.29 is 0 Å². The zero-order valence-corrected chi connectivity index (χ0v) is 16.8. The van der Waals surface area contributed by atoms with E-state index < -0.39 is 0 Å². The van der Waals surface area contributed by atoms with Crippen LogP contribution in [0.3, 0.4) is 0 Å². The lowest BCUT2D eigenvalue weighted by Gasteiger charge is -2.40. The first-order valence-corrected chi connectivity index (χ1v) is 10.4. The minimum absolute atomic E-state index is 0.0714. The largest absolute Gasteiger partial charge is 0.0928 e. The standard InChI is InChI=1S/C18H21Br3/c19-13-11-17(12-14-20,16-7-3-1-4-8-16)15-18(21)9-5-2-6-10-18/h1-9H,10-15H2. The smallest absolute Gasteiger partial charge is 0.0482 e. The number of hydrogen-bond acceptors (Lipinski definition) is 0. The quantitative estimate of drug-likeness (QED) is 0.392. The summed E-state index contributed by atoms with van der Waals surface area (Å²) in [5.74, 6) is 0. The van der Waals surface area contributed by atoms with Crippen molar-refractivity contribution in [2.24, 2.45) is 0 Å². The number of alkyl halides is 3. The molecule has 0 aromatic heterocycles. The van der Waals surface area contributed by atoms with Gasteiger partial charge in [-0.3, -0.25) is 0 Å². The number of halogens is 3. The molecule has 1 aliphatic carbocycles. The van der Waals surface area contributed by atoms with Gasteiger partial charge in [-0.1, -0.05) is 102 Å². The van der Waals surface area contributed by atoms with Crippen molar-refractivity contribution in [3.05, 3.63) is 60.2 Å². The van der Waals surface area contributed by atoms with Gasteiger partial charge in [0.15, 0.2) is 0 Å². The van der Waals surface area contributed by atoms with Crippen LogP contribution in [0.2, 0.25) is 0 Å². The molecule has 0 radical (unpaired) electrons. The monoisotopic (exact) mass is 474 g/mol. The molecule has 0 spiro atoms. The molecular weight excluding hydrogens is 456 g/mol. The first-order valence-electron chi connectivity index (χ1n) is 7.35. The molecule has 0 heterocycles. The maximum absolute atomic E-state index is 4.00. The Bertz CT molecular complexity index is 486. The highest BCUT2D eigenvalue weighted by atomic mass is 79.9. The van der Waals surface area contributed by atoms with Crippen LogP contribution in [-0.4, -0.2) is 15.0 Å². The Kier molecular flexibility index (Phi) is 6.77. The fourth-order valence-corrected chi connectivity index (χ4v) is 5.57. The van der Waals surface area contributed by atoms with Crippen molar-refractivity contribution >= 4 is 47.8 Å². The molecule has 0 nitrogen and oxygen atoms in total. The van der Waals surface area contributed by atoms with Crippen LogP contribution in [0.1, 0.15) is 31.2 Å². The Hall–Kier alpha value is 0.140. The fourth-order valence-electron chi connectivity index (χ4n) is 3.18. The zero-order valence-electron chi connectivity index (χ0n) is 12.1. The van der Waals surface area contributed by atoms with Crippen molar-refractivity contribution in [1.82, 2.24) is 0 Å². The van der Waals surface area contributed by atoms with Crippen molar-refractivity contribution in [1.29, 1.82) is 0 Å². The minimum atomic E-state index is 0.0714. The van der Waals surface area contributed by atoms with Gasteiger partial charge >= 0.3 is 0 Å². The predicted octanol–water partition coefficient (Wildman–Crippen LogP) is 6.53. The molecule has 0 N–H and O–H groups in total. The van der Waals surface area contributed by atoms with E-state index in [0.717, 1.165) is 36.3 Å². The molecule has 0 amide bonds. The maximum atomic E-state index is 4.00. The van der Waals surface area contributed by atoms with Gasteiger partial charge in [0, 0.05) is 15.0 Å². The second-order valence-electron chi connectivity index (χ2n) is 5.73. The van der Waals surface area contributed by atoms with Gasteiger partial charge in [0.2, 0.25) is 0 Å². The molecule has 2 rings (SSSR count). The van der Waals surface area contributed by atoms with Crippen LogP contribution in [0.5, 0.6) is 0 Å². The summed E-state index contributed by atoms with van der Waals surface area (Å²) in [5.41, 5.74) is 1.64. The summed E-state index contributed by atoms with van der Waals surface area (Å²) >= 11 is 11.3. The van der Waals surface area contributed by atoms with Gasteiger partial charge in [-0.05, 0) is 36.7 Å². The average molecular weight is 477 g/mol. The third-order valence-electron chi connectivity index (χ3n) is 4.26. The summed E-state index contributed by atoms with van der Waals surface area (Å²) in [6, 6.07) is 11.0. The van der Waals surface area contributed by atoms with Crippen LogP contribution in [0.25, 0.3) is 0 Å². The highest BCUT2D eigenvalue weighted by Crippen LogP contribution is 2.46. The molecule has 0 saturated carbocycles. The highest BCUT2D eigenvalue weighted by Gasteiger charge is 2.38. The summed E-state index contributed by atoms with van der Waals surface area (Å²) in [4.78, 5) is 0. The van der Waals surface area contributed by atoms with E-state index in [-0.39, 0.29) is 9.74 Å². The second kappa shape index (κ2) is 8.12. The molecule has 1 unspecified atom stereocenters. The average Bonchev–Trinajstić information content (AvgIpc) is 2.49. The van der Waals surface area contributed by atoms with Crippen molar-refractivity contribution in [3.63, 3.8) is 0 Å². The Morgan fingerprint density at radius 2 is 1.67 bits per heavy atom. The third-order valence-corrected chi connectivity index (χ3v) is 5.93. The van der Waals surface area contributed by atoms with Crippen LogP contribution in [0.15, 0.2) is 54.6 Å². The Morgan fingerprint density at radius 3 is 2.19 bits per heavy atom. The van der Waals surface area contributed by atoms with E-state index in [1.807, 2.05) is 0 Å². The molecule has 114 valence electrons. The zero-order chi connectivity index (χ0) is 15.2. The van der Waals surface area contributed by atoms with Crippen LogP contribution in [-0.2, 0) is 5.41 Å². The Labute approximate surface area is 153 Å². The van der Waals surface area contributed by atoms with E-state index in [4.69, 9.17) is 0 Å². The fraction of sp³-hybridized carbons (Fsp3) is 0.444. The summed E-state index contributed by atoms with van der Waals surface area (Å²) < 4.78 is 0.0714. The third kappa shape index (κ3) is 4.56. The summed E-state index contributed by atoms with van der Waals surface area (Å²) in [6.45, 7) is 0. The first kappa shape index (κ1) is 17.5. The number of hydrogen-bond donors (Lipinski definition) is 0. The van der Waals surface area contributed by atoms with E-state index >= 15 is 0 Å². The van der Waals surface area contributed by atoms with Gasteiger partial charge < -0.3 is 0 Å². The molecule has 3 heteroatoms. The Balaban J connectivity index is 2.35. The van der Waals surface area contributed by atoms with Crippen LogP contribution < -0.4 is 0 Å². The number of allylic oxidation sites excluding steroid dienone is 4. The summed E-state index contributed by atoms with van der Waals surface area (Å²) in [5, 5.41) is 2.05. The van der Waals surface area contributed by atoms with E-state index in [2.05, 4.69) is 102 Å². The Morgan fingerprint density at radius 1 is 1.00 bits per heavy atom. The van der Waals surface area contributed by atoms with E-state index in [1.165, 1.54) is 5.56 Å². The SMILES string of the molecule is BrCCC(CCBr)(CC1(Br)C=CC=CC1)c1ccccc1. The lowest BCUT2D eigenvalue weighted by molar-refractivity contribution is 0.346. The van der Waals surface area contributed by atoms with E-state index in [0.29, 0.717) is 0 Å². The van der Waals surface area contributed by atoms with Crippen LogP contribution in [0, 0.1) is 0 Å². The van der Waals surface area contributed by atoms with Gasteiger partial charge in [0.1, 0.15) is 0 Å². The van der Waals surface area contributed by atoms with Crippen molar-refractivity contribution in [3.8, 4) is 0 Å². The van der Waals surface area contributed by atoms with Gasteiger partial charge in [-0.25, -0.2) is 0 Å². The minimum Gasteiger partial charge on any atom is -0.0928 e. The van der Waals surface area contributed by atoms with Crippen molar-refractivity contribution in [2.75, 3.05) is 10.7 Å². The van der Waals surface area contributed by atoms with E-state index in [9.17, 15) is 0 Å². The molecule has 21 heavy (non-hydrogen) atoms. The molecule has 1 aromatic carbocycles. The highest BCUT2D eigenvalue weighted by molar-refractivity contribution is 9.10. The molecule has 1 aliphatic rings. The van der Waals surface area contributed by atoms with Crippen molar-refractivity contribution in [2.45, 2.75) is 35.4 Å². The summed E-state index contributed by atoms with van der Waals surface area (Å²) in [7, 11) is 0. The molecule has 0 aliphatic heterocycles. The van der Waals surface area contributed by atoms with Crippen LogP contribution >= 0.6 is 47.8 Å². The van der Waals surface area contributed by atoms with Gasteiger partial charge in [-0.15, -0.1) is 0 Å². The van der Waals surface area contributed by atoms with Gasteiger partial charge in [0.25, 0.3) is 0 Å². The van der Waals surface area contributed by atoms with Gasteiger partial charge in [-0.2, -0.15) is 0 Å². The maximum Gasteiger partial charge on any atom is 0.0482 e. The number of rotatable bonds is 7. The normalized spacial score (nSPS) is 21.7. The summed E-state index contributed by atoms with van der Waals surface area (Å²) in [6.07, 6.45) is 13.3. The number of benzene rings is 1. The lowest BCUT2D eigenvalue weighted by atomic mass is 9.69. The lowest BCUT2D eigenvalue weighted by Crippen LogP contribution is -2.36. The molecular formula is C18H21Br3. The van der Waals surface area contributed by atoms with Gasteiger partial charge in [0.05, 0.1) is 0 Å². The first-order chi connectivity index (χ1) is 10.1. The predicted molar refractivity (Wildman–Crippen MR) is 104 cm³/mol. The van der Waals surface area contributed by atoms with E-state index in [1.54, 1.807) is 0 Å². The molecule has 0 bridgehead atoms. The van der Waals surface area contributed by atoms with Crippen LogP contribution in [0.4, 0.5) is 0 Å². The topological polar surface area (TPSA) is 0 Å². The molecule has 1 aromatic rings.